The van der Waals surface area contributed by atoms with Crippen LogP contribution in [0.5, 0.6) is 0 Å². The van der Waals surface area contributed by atoms with Crippen molar-refractivity contribution >= 4 is 17.7 Å². The van der Waals surface area contributed by atoms with E-state index >= 15 is 0 Å². The smallest absolute Gasteiger partial charge is 0.307 e. The van der Waals surface area contributed by atoms with Crippen LogP contribution < -0.4 is 0 Å². The van der Waals surface area contributed by atoms with Gasteiger partial charge in [0.1, 0.15) is 0 Å². The summed E-state index contributed by atoms with van der Waals surface area (Å²) >= 11 is 1.90. The third kappa shape index (κ3) is 5.37. The molecule has 1 aliphatic carbocycles. The van der Waals surface area contributed by atoms with Crippen LogP contribution in [0.25, 0.3) is 0 Å². The lowest BCUT2D eigenvalue weighted by Crippen LogP contribution is -2.37. The molecule has 0 saturated heterocycles. The molecule has 0 bridgehead atoms. The normalized spacial score (nSPS) is 28.6. The summed E-state index contributed by atoms with van der Waals surface area (Å²) in [4.78, 5) is 11.4. The Labute approximate surface area is 122 Å². The topological polar surface area (TPSA) is 37.3 Å². The van der Waals surface area contributed by atoms with Crippen LogP contribution in [-0.2, 0) is 4.79 Å². The van der Waals surface area contributed by atoms with E-state index in [0.717, 1.165) is 25.0 Å². The minimum Gasteiger partial charge on any atom is -0.481 e. The Morgan fingerprint density at radius 2 is 1.95 bits per heavy atom. The number of hydrogen-bond donors (Lipinski definition) is 1. The van der Waals surface area contributed by atoms with Gasteiger partial charge in [0.15, 0.2) is 0 Å². The van der Waals surface area contributed by atoms with Crippen LogP contribution in [-0.4, -0.2) is 22.1 Å². The van der Waals surface area contributed by atoms with Crippen molar-refractivity contribution < 1.29 is 9.90 Å². The van der Waals surface area contributed by atoms with Crippen LogP contribution in [0.4, 0.5) is 0 Å². The summed E-state index contributed by atoms with van der Waals surface area (Å²) < 4.78 is 0. The Balaban J connectivity index is 2.60. The lowest BCUT2D eigenvalue weighted by Gasteiger charge is -2.40. The van der Waals surface area contributed by atoms with Crippen LogP contribution in [0.3, 0.4) is 0 Å². The fourth-order valence-electron chi connectivity index (χ4n) is 2.84. The summed E-state index contributed by atoms with van der Waals surface area (Å²) in [5.41, 5.74) is 0.306. The van der Waals surface area contributed by atoms with E-state index in [0.29, 0.717) is 22.5 Å². The van der Waals surface area contributed by atoms with Crippen LogP contribution in [0.2, 0.25) is 0 Å². The molecular weight excluding hydrogens is 256 g/mol. The van der Waals surface area contributed by atoms with Crippen molar-refractivity contribution in [1.29, 1.82) is 0 Å². The van der Waals surface area contributed by atoms with Crippen LogP contribution in [0.1, 0.15) is 60.3 Å². The van der Waals surface area contributed by atoms with E-state index in [9.17, 15) is 9.90 Å². The first-order chi connectivity index (χ1) is 8.71. The highest BCUT2D eigenvalue weighted by atomic mass is 32.2. The summed E-state index contributed by atoms with van der Waals surface area (Å²) in [5, 5.41) is 9.71. The Morgan fingerprint density at radius 3 is 2.42 bits per heavy atom. The maximum Gasteiger partial charge on any atom is 0.307 e. The SMILES string of the molecule is CC(C)CCSC1CC(C(C)(C)C)CCC1C(=O)O. The first kappa shape index (κ1) is 16.9. The van der Waals surface area contributed by atoms with Gasteiger partial charge in [0.25, 0.3) is 0 Å². The molecule has 3 heteroatoms. The predicted molar refractivity (Wildman–Crippen MR) is 83.6 cm³/mol. The van der Waals surface area contributed by atoms with Crippen molar-refractivity contribution in [2.24, 2.45) is 23.2 Å². The largest absolute Gasteiger partial charge is 0.481 e. The zero-order valence-corrected chi connectivity index (χ0v) is 13.9. The molecule has 0 aromatic rings. The first-order valence-electron chi connectivity index (χ1n) is 7.56. The highest BCUT2D eigenvalue weighted by molar-refractivity contribution is 7.99. The van der Waals surface area contributed by atoms with E-state index in [1.165, 1.54) is 6.42 Å². The van der Waals surface area contributed by atoms with Gasteiger partial charge >= 0.3 is 5.97 Å². The van der Waals surface area contributed by atoms with Gasteiger partial charge in [-0.05, 0) is 48.7 Å². The molecule has 0 aromatic carbocycles. The van der Waals surface area contributed by atoms with Crippen molar-refractivity contribution in [3.8, 4) is 0 Å². The quantitative estimate of drug-likeness (QED) is 0.797. The van der Waals surface area contributed by atoms with Crippen molar-refractivity contribution in [2.45, 2.75) is 65.6 Å². The number of carboxylic acid groups (broad SMARTS) is 1. The van der Waals surface area contributed by atoms with E-state index < -0.39 is 5.97 Å². The number of aliphatic carboxylic acids is 1. The minimum atomic E-state index is -0.589. The van der Waals surface area contributed by atoms with Gasteiger partial charge in [0.2, 0.25) is 0 Å². The maximum absolute atomic E-state index is 11.4. The molecule has 0 aromatic heterocycles. The van der Waals surface area contributed by atoms with E-state index in [4.69, 9.17) is 0 Å². The monoisotopic (exact) mass is 286 g/mol. The van der Waals surface area contributed by atoms with Gasteiger partial charge in [-0.25, -0.2) is 0 Å². The second-order valence-electron chi connectivity index (χ2n) is 7.41. The molecule has 19 heavy (non-hydrogen) atoms. The van der Waals surface area contributed by atoms with E-state index in [1.54, 1.807) is 0 Å². The maximum atomic E-state index is 11.4. The molecule has 1 aliphatic rings. The summed E-state index contributed by atoms with van der Waals surface area (Å²) in [6.07, 6.45) is 4.19. The molecular formula is C16H30O2S. The van der Waals surface area contributed by atoms with Crippen LogP contribution in [0, 0.1) is 23.2 Å². The van der Waals surface area contributed by atoms with Gasteiger partial charge in [-0.1, -0.05) is 34.6 Å². The van der Waals surface area contributed by atoms with Crippen molar-refractivity contribution in [1.82, 2.24) is 0 Å². The first-order valence-corrected chi connectivity index (χ1v) is 8.61. The second kappa shape index (κ2) is 7.01. The van der Waals surface area contributed by atoms with Crippen molar-refractivity contribution in [3.05, 3.63) is 0 Å². The molecule has 0 amide bonds. The van der Waals surface area contributed by atoms with Crippen LogP contribution >= 0.6 is 11.8 Å². The molecule has 1 saturated carbocycles. The molecule has 3 unspecified atom stereocenters. The molecule has 0 aliphatic heterocycles. The van der Waals surface area contributed by atoms with Gasteiger partial charge < -0.3 is 5.11 Å². The zero-order valence-electron chi connectivity index (χ0n) is 13.1. The minimum absolute atomic E-state index is 0.129. The van der Waals surface area contributed by atoms with Gasteiger partial charge in [0.05, 0.1) is 5.92 Å². The van der Waals surface area contributed by atoms with Gasteiger partial charge in [0, 0.05) is 5.25 Å². The molecule has 1 rings (SSSR count). The summed E-state index contributed by atoms with van der Waals surface area (Å²) in [6, 6.07) is 0. The fourth-order valence-corrected chi connectivity index (χ4v) is 4.60. The third-order valence-electron chi connectivity index (χ3n) is 4.36. The second-order valence-corrected chi connectivity index (χ2v) is 8.76. The molecule has 1 N–H and O–H groups in total. The molecule has 112 valence electrons. The van der Waals surface area contributed by atoms with E-state index in [-0.39, 0.29) is 5.92 Å². The van der Waals surface area contributed by atoms with E-state index in [1.807, 2.05) is 11.8 Å². The summed E-state index contributed by atoms with van der Waals surface area (Å²) in [6.45, 7) is 11.3. The molecule has 1 fully saturated rings. The van der Waals surface area contributed by atoms with Gasteiger partial charge in [-0.3, -0.25) is 4.79 Å². The van der Waals surface area contributed by atoms with Crippen LogP contribution in [0.15, 0.2) is 0 Å². The Kier molecular flexibility index (Phi) is 6.22. The summed E-state index contributed by atoms with van der Waals surface area (Å²) in [7, 11) is 0. The number of rotatable bonds is 5. The predicted octanol–water partition coefficient (Wildman–Crippen LogP) is 4.68. The molecule has 3 atom stereocenters. The molecule has 0 heterocycles. The lowest BCUT2D eigenvalue weighted by atomic mass is 9.69. The Hall–Kier alpha value is -0.180. The number of carbonyl (C=O) groups is 1. The Bertz CT molecular complexity index is 294. The zero-order chi connectivity index (χ0) is 14.6. The lowest BCUT2D eigenvalue weighted by molar-refractivity contribution is -0.143. The van der Waals surface area contributed by atoms with Gasteiger partial charge in [-0.2, -0.15) is 11.8 Å². The molecule has 0 spiro atoms. The molecule has 0 radical (unpaired) electrons. The van der Waals surface area contributed by atoms with E-state index in [2.05, 4.69) is 34.6 Å². The number of thioether (sulfide) groups is 1. The Morgan fingerprint density at radius 1 is 1.32 bits per heavy atom. The summed E-state index contributed by atoms with van der Waals surface area (Å²) in [5.74, 6) is 1.76. The standard InChI is InChI=1S/C16H30O2S/c1-11(2)8-9-19-14-10-12(16(3,4)5)6-7-13(14)15(17)18/h11-14H,6-10H2,1-5H3,(H,17,18). The average Bonchev–Trinajstić information content (AvgIpc) is 2.26. The highest BCUT2D eigenvalue weighted by Crippen LogP contribution is 2.44. The third-order valence-corrected chi connectivity index (χ3v) is 5.78. The fraction of sp³-hybridized carbons (Fsp3) is 0.938. The van der Waals surface area contributed by atoms with Gasteiger partial charge in [-0.15, -0.1) is 0 Å². The highest BCUT2D eigenvalue weighted by Gasteiger charge is 2.39. The van der Waals surface area contributed by atoms with Crippen molar-refractivity contribution in [2.75, 3.05) is 5.75 Å². The number of carboxylic acids is 1. The average molecular weight is 286 g/mol. The number of hydrogen-bond acceptors (Lipinski definition) is 2. The van der Waals surface area contributed by atoms with Crippen molar-refractivity contribution in [3.63, 3.8) is 0 Å². The molecule has 2 nitrogen and oxygen atoms in total.